The summed E-state index contributed by atoms with van der Waals surface area (Å²) in [6.45, 7) is 0. The fourth-order valence-corrected chi connectivity index (χ4v) is 4.34. The molecule has 0 aliphatic carbocycles. The predicted octanol–water partition coefficient (Wildman–Crippen LogP) is 1.55. The molecule has 0 amide bonds. The first kappa shape index (κ1) is 16.5. The number of aromatic nitrogens is 4. The zero-order valence-electron chi connectivity index (χ0n) is 14.5. The fourth-order valence-electron chi connectivity index (χ4n) is 3.38. The van der Waals surface area contributed by atoms with Gasteiger partial charge in [0.15, 0.2) is 0 Å². The van der Waals surface area contributed by atoms with Gasteiger partial charge in [0.2, 0.25) is 17.0 Å². The number of aromatic hydroxyl groups is 1. The molecule has 0 aliphatic heterocycles. The highest BCUT2D eigenvalue weighted by Crippen LogP contribution is 2.30. The predicted molar refractivity (Wildman–Crippen MR) is 97.6 cm³/mol. The molecule has 8 heteroatoms. The highest BCUT2D eigenvalue weighted by Gasteiger charge is 2.31. The zero-order valence-corrected chi connectivity index (χ0v) is 15.3. The maximum atomic E-state index is 13.3. The average Bonchev–Trinajstić information content (AvgIpc) is 3.10. The number of benzene rings is 1. The molecule has 3 aromatic heterocycles. The van der Waals surface area contributed by atoms with Crippen molar-refractivity contribution in [2.75, 3.05) is 6.26 Å². The number of nitrogens with zero attached hydrogens (tertiary/aromatic N) is 3. The number of aryl methyl sites for hydroxylation is 2. The Hall–Kier alpha value is -3.00. The molecule has 0 saturated carbocycles. The number of H-pyrrole nitrogens is 1. The monoisotopic (exact) mass is 369 g/mol. The van der Waals surface area contributed by atoms with E-state index < -0.39 is 10.8 Å². The number of aromatic amines is 1. The van der Waals surface area contributed by atoms with Crippen molar-refractivity contribution in [1.29, 1.82) is 0 Å². The highest BCUT2D eigenvalue weighted by atomic mass is 32.2. The molecule has 7 nitrogen and oxygen atoms in total. The number of ketones is 1. The Bertz CT molecular complexity index is 1220. The van der Waals surface area contributed by atoms with Gasteiger partial charge < -0.3 is 10.1 Å². The number of pyridine rings is 1. The molecule has 0 spiro atoms. The minimum Gasteiger partial charge on any atom is -0.508 e. The molecule has 1 unspecified atom stereocenters. The lowest BCUT2D eigenvalue weighted by atomic mass is 10.1. The minimum atomic E-state index is -1.33. The second-order valence-corrected chi connectivity index (χ2v) is 7.51. The van der Waals surface area contributed by atoms with Crippen molar-refractivity contribution in [1.82, 2.24) is 14.5 Å². The van der Waals surface area contributed by atoms with E-state index in [-0.39, 0.29) is 17.2 Å². The SMILES string of the molecule is Cn1c[n+](C)c(C(=O)c2nccc3c2[nH]c2ccc(O)cc23)c1S(C)=O. The quantitative estimate of drug-likeness (QED) is 0.423. The van der Waals surface area contributed by atoms with Crippen molar-refractivity contribution in [3.05, 3.63) is 48.2 Å². The summed E-state index contributed by atoms with van der Waals surface area (Å²) in [6.07, 6.45) is 4.83. The lowest BCUT2D eigenvalue weighted by Gasteiger charge is -2.01. The van der Waals surface area contributed by atoms with Crippen LogP contribution in [0, 0.1) is 0 Å². The van der Waals surface area contributed by atoms with E-state index in [4.69, 9.17) is 0 Å². The van der Waals surface area contributed by atoms with E-state index in [0.29, 0.717) is 16.2 Å². The Morgan fingerprint density at radius 1 is 1.31 bits per heavy atom. The summed E-state index contributed by atoms with van der Waals surface area (Å²) in [4.78, 5) is 20.8. The molecular formula is C18H17N4O3S+. The smallest absolute Gasteiger partial charge is 0.257 e. The van der Waals surface area contributed by atoms with Gasteiger partial charge in [-0.2, -0.15) is 0 Å². The fraction of sp³-hybridized carbons (Fsp3) is 0.167. The minimum absolute atomic E-state index is 0.154. The van der Waals surface area contributed by atoms with E-state index in [2.05, 4.69) is 9.97 Å². The first-order valence-corrected chi connectivity index (χ1v) is 9.46. The summed E-state index contributed by atoms with van der Waals surface area (Å²) in [6, 6.07) is 6.79. The standard InChI is InChI=1S/C18H16N4O3S/c1-21-9-22(2)18(26(3)25)16(21)17(24)15-14-11(6-7-19-15)12-8-10(23)4-5-13(12)20-14/h4-9H,1-3H3,(H-,19,20,23,24)/p+1. The van der Waals surface area contributed by atoms with E-state index in [0.717, 1.165) is 16.3 Å². The third-order valence-electron chi connectivity index (χ3n) is 4.43. The molecule has 0 radical (unpaired) electrons. The van der Waals surface area contributed by atoms with Gasteiger partial charge in [-0.25, -0.2) is 9.13 Å². The van der Waals surface area contributed by atoms with Crippen molar-refractivity contribution in [2.45, 2.75) is 5.03 Å². The van der Waals surface area contributed by atoms with Gasteiger partial charge in [-0.3, -0.25) is 14.0 Å². The van der Waals surface area contributed by atoms with E-state index in [1.807, 2.05) is 0 Å². The number of carbonyl (C=O) groups is 1. The van der Waals surface area contributed by atoms with Gasteiger partial charge in [0.05, 0.1) is 30.4 Å². The number of rotatable bonds is 3. The molecule has 26 heavy (non-hydrogen) atoms. The summed E-state index contributed by atoms with van der Waals surface area (Å²) in [5.41, 5.74) is 1.99. The molecular weight excluding hydrogens is 352 g/mol. The van der Waals surface area contributed by atoms with Crippen LogP contribution in [0.5, 0.6) is 5.75 Å². The molecule has 0 bridgehead atoms. The van der Waals surface area contributed by atoms with Crippen LogP contribution in [0.1, 0.15) is 16.2 Å². The number of hydrogen-bond acceptors (Lipinski definition) is 4. The average molecular weight is 369 g/mol. The lowest BCUT2D eigenvalue weighted by Crippen LogP contribution is -2.34. The first-order chi connectivity index (χ1) is 12.4. The molecule has 4 aromatic rings. The second kappa shape index (κ2) is 5.77. The molecule has 4 rings (SSSR count). The van der Waals surface area contributed by atoms with E-state index in [1.54, 1.807) is 66.3 Å². The Balaban J connectivity index is 2.00. The number of phenols is 1. The van der Waals surface area contributed by atoms with Crippen LogP contribution in [0.4, 0.5) is 0 Å². The third kappa shape index (κ3) is 2.33. The van der Waals surface area contributed by atoms with Crippen LogP contribution in [0.15, 0.2) is 41.8 Å². The largest absolute Gasteiger partial charge is 0.508 e. The van der Waals surface area contributed by atoms with Crippen LogP contribution in [0.25, 0.3) is 21.8 Å². The molecule has 2 N–H and O–H groups in total. The molecule has 0 aliphatic rings. The van der Waals surface area contributed by atoms with Crippen LogP contribution in [-0.4, -0.2) is 35.9 Å². The molecule has 1 aromatic carbocycles. The Kier molecular flexibility index (Phi) is 3.66. The zero-order chi connectivity index (χ0) is 18.6. The number of imidazole rings is 1. The van der Waals surface area contributed by atoms with Gasteiger partial charge >= 0.3 is 0 Å². The third-order valence-corrected chi connectivity index (χ3v) is 5.45. The molecule has 132 valence electrons. The lowest BCUT2D eigenvalue weighted by molar-refractivity contribution is -0.673. The van der Waals surface area contributed by atoms with Crippen molar-refractivity contribution >= 4 is 38.4 Å². The summed E-state index contributed by atoms with van der Waals surface area (Å²) in [5.74, 6) is -0.152. The van der Waals surface area contributed by atoms with Crippen LogP contribution in [0.3, 0.4) is 0 Å². The van der Waals surface area contributed by atoms with Gasteiger partial charge in [0, 0.05) is 28.7 Å². The first-order valence-electron chi connectivity index (χ1n) is 7.91. The number of nitrogens with one attached hydrogen (secondary N) is 1. The van der Waals surface area contributed by atoms with Crippen molar-refractivity contribution in [2.24, 2.45) is 14.1 Å². The Morgan fingerprint density at radius 3 is 2.81 bits per heavy atom. The van der Waals surface area contributed by atoms with E-state index in [9.17, 15) is 14.1 Å². The van der Waals surface area contributed by atoms with Crippen LogP contribution < -0.4 is 4.57 Å². The normalized spacial score (nSPS) is 12.7. The van der Waals surface area contributed by atoms with E-state index in [1.165, 1.54) is 0 Å². The van der Waals surface area contributed by atoms with Gasteiger partial charge in [-0.15, -0.1) is 0 Å². The van der Waals surface area contributed by atoms with Crippen molar-refractivity contribution in [3.8, 4) is 5.75 Å². The maximum absolute atomic E-state index is 13.3. The Labute approximate surface area is 151 Å². The second-order valence-electron chi connectivity index (χ2n) is 6.21. The molecule has 3 heterocycles. The van der Waals surface area contributed by atoms with Crippen LogP contribution >= 0.6 is 0 Å². The summed E-state index contributed by atoms with van der Waals surface area (Å²) in [5, 5.41) is 11.8. The van der Waals surface area contributed by atoms with Gasteiger partial charge in [0.1, 0.15) is 11.4 Å². The summed E-state index contributed by atoms with van der Waals surface area (Å²) < 4.78 is 15.5. The van der Waals surface area contributed by atoms with Crippen LogP contribution in [0.2, 0.25) is 0 Å². The number of phenolic OH excluding ortho intramolecular Hbond substituents is 1. The van der Waals surface area contributed by atoms with Crippen LogP contribution in [-0.2, 0) is 24.9 Å². The summed E-state index contributed by atoms with van der Waals surface area (Å²) in [7, 11) is 2.17. The van der Waals surface area contributed by atoms with Gasteiger partial charge in [-0.1, -0.05) is 0 Å². The summed E-state index contributed by atoms with van der Waals surface area (Å²) >= 11 is 0. The van der Waals surface area contributed by atoms with Gasteiger partial charge in [-0.05, 0) is 24.3 Å². The number of hydrogen-bond donors (Lipinski definition) is 2. The van der Waals surface area contributed by atoms with Gasteiger partial charge in [0.25, 0.3) is 5.78 Å². The van der Waals surface area contributed by atoms with E-state index >= 15 is 0 Å². The molecule has 0 fully saturated rings. The highest BCUT2D eigenvalue weighted by molar-refractivity contribution is 7.84. The number of carbonyl (C=O) groups excluding carboxylic acids is 1. The molecule has 0 saturated heterocycles. The Morgan fingerprint density at radius 2 is 2.08 bits per heavy atom. The van der Waals surface area contributed by atoms with Crippen molar-refractivity contribution in [3.63, 3.8) is 0 Å². The van der Waals surface area contributed by atoms with Crippen molar-refractivity contribution < 1.29 is 18.7 Å². The topological polar surface area (TPSA) is 91.9 Å². The maximum Gasteiger partial charge on any atom is 0.257 e. The molecule has 1 atom stereocenters. The number of fused-ring (bicyclic) bond motifs is 3.